The van der Waals surface area contributed by atoms with Crippen molar-refractivity contribution >= 4 is 5.97 Å². The van der Waals surface area contributed by atoms with Crippen molar-refractivity contribution < 1.29 is 14.3 Å². The lowest BCUT2D eigenvalue weighted by Crippen LogP contribution is -2.02. The molecule has 2 aromatic rings. The lowest BCUT2D eigenvalue weighted by atomic mass is 10.2. The maximum atomic E-state index is 13.2. The van der Waals surface area contributed by atoms with Gasteiger partial charge in [0.25, 0.3) is 0 Å². The van der Waals surface area contributed by atoms with E-state index in [4.69, 9.17) is 5.11 Å². The van der Waals surface area contributed by atoms with E-state index in [1.54, 1.807) is 30.7 Å². The van der Waals surface area contributed by atoms with Crippen LogP contribution in [0, 0.1) is 12.7 Å². The van der Waals surface area contributed by atoms with Crippen LogP contribution < -0.4 is 0 Å². The Morgan fingerprint density at radius 1 is 1.50 bits per heavy atom. The van der Waals surface area contributed by atoms with Gasteiger partial charge in [0.15, 0.2) is 0 Å². The summed E-state index contributed by atoms with van der Waals surface area (Å²) in [6, 6.07) is 6.09. The molecule has 5 heteroatoms. The molecular weight excluding hydrogens is 235 g/mol. The molecule has 0 amide bonds. The fourth-order valence-electron chi connectivity index (χ4n) is 1.83. The molecule has 1 heterocycles. The molecule has 0 saturated heterocycles. The van der Waals surface area contributed by atoms with Crippen molar-refractivity contribution in [3.63, 3.8) is 0 Å². The Morgan fingerprint density at radius 2 is 2.22 bits per heavy atom. The first-order valence-electron chi connectivity index (χ1n) is 5.49. The van der Waals surface area contributed by atoms with Crippen molar-refractivity contribution in [2.75, 3.05) is 0 Å². The topological polar surface area (TPSA) is 55.1 Å². The summed E-state index contributed by atoms with van der Waals surface area (Å²) in [5.74, 6) is -0.696. The van der Waals surface area contributed by atoms with Gasteiger partial charge in [0.05, 0.1) is 12.1 Å². The van der Waals surface area contributed by atoms with Crippen LogP contribution in [0.25, 0.3) is 11.4 Å². The van der Waals surface area contributed by atoms with Crippen LogP contribution in [0.1, 0.15) is 11.4 Å². The van der Waals surface area contributed by atoms with Gasteiger partial charge in [0, 0.05) is 18.3 Å². The van der Waals surface area contributed by atoms with Gasteiger partial charge in [0.2, 0.25) is 0 Å². The number of nitrogens with zero attached hydrogens (tertiary/aromatic N) is 2. The molecule has 1 aromatic heterocycles. The van der Waals surface area contributed by atoms with Gasteiger partial charge in [0.1, 0.15) is 11.6 Å². The quantitative estimate of drug-likeness (QED) is 0.905. The summed E-state index contributed by atoms with van der Waals surface area (Å²) < 4.78 is 14.9. The third-order valence-corrected chi connectivity index (χ3v) is 2.88. The molecule has 0 aliphatic rings. The fourth-order valence-corrected chi connectivity index (χ4v) is 1.83. The summed E-state index contributed by atoms with van der Waals surface area (Å²) in [6.45, 7) is 1.80. The van der Waals surface area contributed by atoms with E-state index in [0.717, 1.165) is 5.69 Å². The normalized spacial score (nSPS) is 10.6. The number of benzene rings is 1. The van der Waals surface area contributed by atoms with Crippen molar-refractivity contribution in [3.8, 4) is 11.4 Å². The Labute approximate surface area is 104 Å². The number of rotatable bonds is 3. The number of carboxylic acid groups (broad SMARTS) is 1. The molecule has 0 spiro atoms. The minimum Gasteiger partial charge on any atom is -0.481 e. The Morgan fingerprint density at radius 3 is 2.83 bits per heavy atom. The van der Waals surface area contributed by atoms with Crippen LogP contribution in [-0.2, 0) is 18.3 Å². The van der Waals surface area contributed by atoms with Crippen LogP contribution in [-0.4, -0.2) is 20.6 Å². The molecule has 1 N–H and O–H groups in total. The molecular formula is C13H13FN2O2. The van der Waals surface area contributed by atoms with Gasteiger partial charge in [-0.25, -0.2) is 9.37 Å². The van der Waals surface area contributed by atoms with Crippen molar-refractivity contribution in [1.82, 2.24) is 9.55 Å². The van der Waals surface area contributed by atoms with Crippen LogP contribution >= 0.6 is 0 Å². The molecule has 0 fully saturated rings. The summed E-state index contributed by atoms with van der Waals surface area (Å²) in [5, 5.41) is 8.80. The molecule has 0 aliphatic heterocycles. The van der Waals surface area contributed by atoms with E-state index < -0.39 is 5.97 Å². The van der Waals surface area contributed by atoms with E-state index in [9.17, 15) is 9.18 Å². The molecule has 0 atom stereocenters. The molecule has 94 valence electrons. The van der Waals surface area contributed by atoms with E-state index in [-0.39, 0.29) is 12.2 Å². The molecule has 1 aromatic carbocycles. The number of aliphatic carboxylic acids is 1. The number of carboxylic acids is 1. The molecule has 0 saturated carbocycles. The van der Waals surface area contributed by atoms with E-state index in [0.29, 0.717) is 17.1 Å². The fraction of sp³-hybridized carbons (Fsp3) is 0.231. The molecule has 4 nitrogen and oxygen atoms in total. The number of hydrogen-bond acceptors (Lipinski definition) is 2. The predicted octanol–water partition coefficient (Wildman–Crippen LogP) is 2.16. The van der Waals surface area contributed by atoms with Gasteiger partial charge in [-0.2, -0.15) is 0 Å². The average molecular weight is 248 g/mol. The van der Waals surface area contributed by atoms with Crippen molar-refractivity contribution in [2.24, 2.45) is 7.05 Å². The first-order chi connectivity index (χ1) is 8.49. The van der Waals surface area contributed by atoms with Gasteiger partial charge in [-0.05, 0) is 19.1 Å². The Balaban J connectivity index is 2.49. The monoisotopic (exact) mass is 248 g/mol. The Hall–Kier alpha value is -2.17. The highest BCUT2D eigenvalue weighted by molar-refractivity contribution is 5.70. The lowest BCUT2D eigenvalue weighted by molar-refractivity contribution is -0.136. The van der Waals surface area contributed by atoms with E-state index in [2.05, 4.69) is 4.98 Å². The van der Waals surface area contributed by atoms with Crippen LogP contribution in [0.3, 0.4) is 0 Å². The minimum atomic E-state index is -0.929. The molecule has 0 radical (unpaired) electrons. The third-order valence-electron chi connectivity index (χ3n) is 2.88. The van der Waals surface area contributed by atoms with Crippen LogP contribution in [0.5, 0.6) is 0 Å². The van der Waals surface area contributed by atoms with Gasteiger partial charge in [-0.15, -0.1) is 0 Å². The van der Waals surface area contributed by atoms with E-state index >= 15 is 0 Å². The largest absolute Gasteiger partial charge is 0.481 e. The van der Waals surface area contributed by atoms with Gasteiger partial charge in [-0.1, -0.05) is 12.1 Å². The zero-order valence-electron chi connectivity index (χ0n) is 10.1. The van der Waals surface area contributed by atoms with Gasteiger partial charge < -0.3 is 9.67 Å². The number of carbonyl (C=O) groups is 1. The maximum Gasteiger partial charge on any atom is 0.309 e. The molecule has 0 bridgehead atoms. The Kier molecular flexibility index (Phi) is 3.14. The summed E-state index contributed by atoms with van der Waals surface area (Å²) in [7, 11) is 1.79. The lowest BCUT2D eigenvalue weighted by Gasteiger charge is -2.02. The summed E-state index contributed by atoms with van der Waals surface area (Å²) in [4.78, 5) is 15.0. The molecule has 18 heavy (non-hydrogen) atoms. The second-order valence-corrected chi connectivity index (χ2v) is 4.11. The maximum absolute atomic E-state index is 13.2. The number of imidazole rings is 1. The molecule has 0 aliphatic carbocycles. The number of hydrogen-bond donors (Lipinski definition) is 1. The minimum absolute atomic E-state index is 0.130. The summed E-state index contributed by atoms with van der Waals surface area (Å²) in [6.07, 6.45) is -0.130. The van der Waals surface area contributed by atoms with Crippen LogP contribution in [0.2, 0.25) is 0 Å². The highest BCUT2D eigenvalue weighted by Crippen LogP contribution is 2.22. The Bertz CT molecular complexity index is 605. The van der Waals surface area contributed by atoms with E-state index in [1.165, 1.54) is 12.1 Å². The second-order valence-electron chi connectivity index (χ2n) is 4.11. The number of halogens is 1. The zero-order valence-corrected chi connectivity index (χ0v) is 10.1. The standard InChI is InChI=1S/C13H13FN2O2/c1-8-11(7-12(17)18)15-13(16(8)2)9-4-3-5-10(14)6-9/h3-6H,7H2,1-2H3,(H,17,18). The summed E-state index contributed by atoms with van der Waals surface area (Å²) in [5.41, 5.74) is 1.91. The third kappa shape index (κ3) is 2.25. The SMILES string of the molecule is Cc1c(CC(=O)O)nc(-c2cccc(F)c2)n1C. The zero-order chi connectivity index (χ0) is 13.3. The summed E-state index contributed by atoms with van der Waals surface area (Å²) >= 11 is 0. The average Bonchev–Trinajstić information content (AvgIpc) is 2.57. The van der Waals surface area contributed by atoms with Crippen LogP contribution in [0.15, 0.2) is 24.3 Å². The highest BCUT2D eigenvalue weighted by Gasteiger charge is 2.15. The van der Waals surface area contributed by atoms with Crippen LogP contribution in [0.4, 0.5) is 4.39 Å². The first-order valence-corrected chi connectivity index (χ1v) is 5.49. The molecule has 2 rings (SSSR count). The van der Waals surface area contributed by atoms with E-state index in [1.807, 2.05) is 0 Å². The predicted molar refractivity (Wildman–Crippen MR) is 64.7 cm³/mol. The second kappa shape index (κ2) is 4.60. The van der Waals surface area contributed by atoms with Crippen molar-refractivity contribution in [2.45, 2.75) is 13.3 Å². The van der Waals surface area contributed by atoms with Gasteiger partial charge >= 0.3 is 5.97 Å². The highest BCUT2D eigenvalue weighted by atomic mass is 19.1. The first kappa shape index (κ1) is 12.3. The van der Waals surface area contributed by atoms with Gasteiger partial charge in [-0.3, -0.25) is 4.79 Å². The molecule has 0 unspecified atom stereocenters. The number of aromatic nitrogens is 2. The van der Waals surface area contributed by atoms with Crippen molar-refractivity contribution in [1.29, 1.82) is 0 Å². The smallest absolute Gasteiger partial charge is 0.309 e. The van der Waals surface area contributed by atoms with Crippen molar-refractivity contribution in [3.05, 3.63) is 41.5 Å².